The third-order valence-electron chi connectivity index (χ3n) is 3.35. The fourth-order valence-corrected chi connectivity index (χ4v) is 1.91. The minimum absolute atomic E-state index is 0.339. The lowest BCUT2D eigenvalue weighted by molar-refractivity contribution is 0.567. The number of pyridine rings is 1. The Labute approximate surface area is 109 Å². The van der Waals surface area contributed by atoms with Gasteiger partial charge in [0, 0.05) is 18.8 Å². The number of aryl methyl sites for hydroxylation is 2. The lowest BCUT2D eigenvalue weighted by Crippen LogP contribution is -2.18. The van der Waals surface area contributed by atoms with Gasteiger partial charge < -0.3 is 5.32 Å². The third-order valence-corrected chi connectivity index (χ3v) is 3.35. The molecule has 1 N–H and O–H groups in total. The minimum atomic E-state index is 0.339. The maximum absolute atomic E-state index is 4.31. The minimum Gasteiger partial charge on any atom is -0.305 e. The van der Waals surface area contributed by atoms with Gasteiger partial charge in [0.2, 0.25) is 0 Å². The van der Waals surface area contributed by atoms with Gasteiger partial charge in [-0.2, -0.15) is 0 Å². The number of hydrogen-bond donors (Lipinski definition) is 1. The Kier molecular flexibility index (Phi) is 4.11. The number of hydrogen-bond acceptors (Lipinski definition) is 2. The van der Waals surface area contributed by atoms with Crippen LogP contribution in [0.5, 0.6) is 0 Å². The first-order chi connectivity index (χ1) is 8.66. The highest BCUT2D eigenvalue weighted by molar-refractivity contribution is 5.31. The van der Waals surface area contributed by atoms with Gasteiger partial charge in [-0.25, -0.2) is 0 Å². The van der Waals surface area contributed by atoms with E-state index in [4.69, 9.17) is 0 Å². The molecule has 2 aromatic rings. The van der Waals surface area contributed by atoms with Crippen LogP contribution in [-0.2, 0) is 6.54 Å². The van der Waals surface area contributed by atoms with E-state index in [0.717, 1.165) is 12.2 Å². The predicted molar refractivity (Wildman–Crippen MR) is 75.4 cm³/mol. The van der Waals surface area contributed by atoms with Crippen LogP contribution in [-0.4, -0.2) is 4.98 Å². The number of rotatable bonds is 4. The highest BCUT2D eigenvalue weighted by Gasteiger charge is 2.06. The van der Waals surface area contributed by atoms with E-state index in [1.54, 1.807) is 0 Å². The van der Waals surface area contributed by atoms with E-state index >= 15 is 0 Å². The van der Waals surface area contributed by atoms with E-state index in [1.165, 1.54) is 16.7 Å². The molecule has 18 heavy (non-hydrogen) atoms. The zero-order chi connectivity index (χ0) is 13.0. The molecule has 0 saturated carbocycles. The van der Waals surface area contributed by atoms with E-state index in [-0.39, 0.29) is 0 Å². The molecule has 0 amide bonds. The van der Waals surface area contributed by atoms with Gasteiger partial charge in [-0.1, -0.05) is 24.3 Å². The van der Waals surface area contributed by atoms with Crippen LogP contribution in [0.1, 0.15) is 35.3 Å². The molecule has 0 radical (unpaired) electrons. The molecule has 0 aliphatic heterocycles. The maximum Gasteiger partial charge on any atom is 0.0541 e. The maximum atomic E-state index is 4.31. The average Bonchev–Trinajstić information content (AvgIpc) is 2.40. The lowest BCUT2D eigenvalue weighted by atomic mass is 10.0. The second kappa shape index (κ2) is 5.78. The first-order valence-electron chi connectivity index (χ1n) is 6.37. The normalized spacial score (nSPS) is 12.4. The molecule has 94 valence electrons. The van der Waals surface area contributed by atoms with Gasteiger partial charge in [0.15, 0.2) is 0 Å². The van der Waals surface area contributed by atoms with Crippen molar-refractivity contribution in [1.29, 1.82) is 0 Å². The molecule has 0 fully saturated rings. The zero-order valence-corrected chi connectivity index (χ0v) is 11.3. The van der Waals surface area contributed by atoms with Gasteiger partial charge >= 0.3 is 0 Å². The monoisotopic (exact) mass is 240 g/mol. The molecule has 1 aromatic carbocycles. The van der Waals surface area contributed by atoms with Crippen molar-refractivity contribution in [1.82, 2.24) is 10.3 Å². The molecular weight excluding hydrogens is 220 g/mol. The summed E-state index contributed by atoms with van der Waals surface area (Å²) >= 11 is 0. The molecule has 0 aliphatic rings. The summed E-state index contributed by atoms with van der Waals surface area (Å²) in [5.74, 6) is 0. The van der Waals surface area contributed by atoms with E-state index < -0.39 is 0 Å². The lowest BCUT2D eigenvalue weighted by Gasteiger charge is -2.15. The van der Waals surface area contributed by atoms with Crippen LogP contribution in [0.4, 0.5) is 0 Å². The highest BCUT2D eigenvalue weighted by atomic mass is 14.9. The summed E-state index contributed by atoms with van der Waals surface area (Å²) in [6.07, 6.45) is 1.83. The summed E-state index contributed by atoms with van der Waals surface area (Å²) in [7, 11) is 0. The summed E-state index contributed by atoms with van der Waals surface area (Å²) in [4.78, 5) is 4.31. The molecule has 0 saturated heterocycles. The van der Waals surface area contributed by atoms with Gasteiger partial charge in [0.05, 0.1) is 5.69 Å². The van der Waals surface area contributed by atoms with Crippen LogP contribution in [0.3, 0.4) is 0 Å². The summed E-state index contributed by atoms with van der Waals surface area (Å²) in [5.41, 5.74) is 5.09. The standard InChI is InChI=1S/C16H20N2/c1-12-7-8-15(10-13(12)2)14(3)18-11-16-6-4-5-9-17-16/h4-10,14,18H,11H2,1-3H3. The molecule has 2 rings (SSSR count). The Morgan fingerprint density at radius 3 is 2.61 bits per heavy atom. The number of nitrogens with zero attached hydrogens (tertiary/aromatic N) is 1. The van der Waals surface area contributed by atoms with Gasteiger partial charge in [-0.05, 0) is 49.6 Å². The van der Waals surface area contributed by atoms with Crippen molar-refractivity contribution in [3.05, 3.63) is 65.0 Å². The van der Waals surface area contributed by atoms with E-state index in [0.29, 0.717) is 6.04 Å². The summed E-state index contributed by atoms with van der Waals surface area (Å²) in [6, 6.07) is 13.0. The molecular formula is C16H20N2. The Balaban J connectivity index is 1.99. The Morgan fingerprint density at radius 2 is 1.94 bits per heavy atom. The molecule has 2 nitrogen and oxygen atoms in total. The van der Waals surface area contributed by atoms with Crippen LogP contribution >= 0.6 is 0 Å². The Morgan fingerprint density at radius 1 is 1.11 bits per heavy atom. The topological polar surface area (TPSA) is 24.9 Å². The largest absolute Gasteiger partial charge is 0.305 e. The molecule has 1 unspecified atom stereocenters. The molecule has 2 heteroatoms. The van der Waals surface area contributed by atoms with Crippen molar-refractivity contribution in [3.8, 4) is 0 Å². The Bertz CT molecular complexity index is 506. The van der Waals surface area contributed by atoms with Gasteiger partial charge in [-0.15, -0.1) is 0 Å². The fraction of sp³-hybridized carbons (Fsp3) is 0.312. The smallest absolute Gasteiger partial charge is 0.0541 e. The summed E-state index contributed by atoms with van der Waals surface area (Å²) < 4.78 is 0. The Hall–Kier alpha value is -1.67. The van der Waals surface area contributed by atoms with Crippen molar-refractivity contribution in [3.63, 3.8) is 0 Å². The van der Waals surface area contributed by atoms with Gasteiger partial charge in [0.1, 0.15) is 0 Å². The van der Waals surface area contributed by atoms with E-state index in [9.17, 15) is 0 Å². The zero-order valence-electron chi connectivity index (χ0n) is 11.3. The summed E-state index contributed by atoms with van der Waals surface area (Å²) in [5, 5.41) is 3.50. The SMILES string of the molecule is Cc1ccc(C(C)NCc2ccccn2)cc1C. The van der Waals surface area contributed by atoms with Gasteiger partial charge in [-0.3, -0.25) is 4.98 Å². The second-order valence-corrected chi connectivity index (χ2v) is 4.77. The quantitative estimate of drug-likeness (QED) is 0.884. The highest BCUT2D eigenvalue weighted by Crippen LogP contribution is 2.16. The molecule has 1 atom stereocenters. The fourth-order valence-electron chi connectivity index (χ4n) is 1.91. The van der Waals surface area contributed by atoms with Crippen LogP contribution in [0.25, 0.3) is 0 Å². The van der Waals surface area contributed by atoms with Crippen molar-refractivity contribution < 1.29 is 0 Å². The van der Waals surface area contributed by atoms with E-state index in [1.807, 2.05) is 24.4 Å². The number of nitrogens with one attached hydrogen (secondary N) is 1. The number of aromatic nitrogens is 1. The van der Waals surface area contributed by atoms with Crippen LogP contribution < -0.4 is 5.32 Å². The molecule has 1 heterocycles. The van der Waals surface area contributed by atoms with Crippen LogP contribution in [0, 0.1) is 13.8 Å². The average molecular weight is 240 g/mol. The number of benzene rings is 1. The molecule has 0 spiro atoms. The van der Waals surface area contributed by atoms with E-state index in [2.05, 4.69) is 49.3 Å². The third kappa shape index (κ3) is 3.17. The van der Waals surface area contributed by atoms with Crippen molar-refractivity contribution in [2.75, 3.05) is 0 Å². The first-order valence-corrected chi connectivity index (χ1v) is 6.37. The van der Waals surface area contributed by atoms with Crippen molar-refractivity contribution in [2.24, 2.45) is 0 Å². The van der Waals surface area contributed by atoms with Crippen molar-refractivity contribution in [2.45, 2.75) is 33.4 Å². The van der Waals surface area contributed by atoms with Crippen LogP contribution in [0.2, 0.25) is 0 Å². The second-order valence-electron chi connectivity index (χ2n) is 4.77. The van der Waals surface area contributed by atoms with Crippen LogP contribution in [0.15, 0.2) is 42.6 Å². The molecule has 1 aromatic heterocycles. The molecule has 0 aliphatic carbocycles. The summed E-state index contributed by atoms with van der Waals surface area (Å²) in [6.45, 7) is 7.29. The predicted octanol–water partition coefficient (Wildman–Crippen LogP) is 3.55. The van der Waals surface area contributed by atoms with Gasteiger partial charge in [0.25, 0.3) is 0 Å². The van der Waals surface area contributed by atoms with Crippen molar-refractivity contribution >= 4 is 0 Å². The first kappa shape index (κ1) is 12.8. The molecule has 0 bridgehead atoms.